The van der Waals surface area contributed by atoms with Crippen molar-refractivity contribution in [3.05, 3.63) is 65.2 Å². The number of pyridine rings is 1. The van der Waals surface area contributed by atoms with E-state index in [0.717, 1.165) is 28.8 Å². The quantitative estimate of drug-likeness (QED) is 0.618. The van der Waals surface area contributed by atoms with Gasteiger partial charge in [-0.1, -0.05) is 54.9 Å². The maximum Gasteiger partial charge on any atom is 0.137 e. The largest absolute Gasteiger partial charge is 0.403 e. The van der Waals surface area contributed by atoms with Gasteiger partial charge in [0.05, 0.1) is 34.7 Å². The van der Waals surface area contributed by atoms with Crippen molar-refractivity contribution in [3.8, 4) is 11.3 Å². The van der Waals surface area contributed by atoms with Crippen LogP contribution in [0.3, 0.4) is 0 Å². The van der Waals surface area contributed by atoms with Crippen LogP contribution in [0.4, 0.5) is 0 Å². The highest BCUT2D eigenvalue weighted by Crippen LogP contribution is 2.30. The Kier molecular flexibility index (Phi) is 5.60. The van der Waals surface area contributed by atoms with Gasteiger partial charge in [-0.25, -0.2) is 4.98 Å². The molecule has 138 valence electrons. The van der Waals surface area contributed by atoms with Crippen LogP contribution in [-0.2, 0) is 16.9 Å². The smallest absolute Gasteiger partial charge is 0.137 e. The van der Waals surface area contributed by atoms with Crippen molar-refractivity contribution in [2.75, 3.05) is 0 Å². The molecule has 28 heavy (non-hydrogen) atoms. The van der Waals surface area contributed by atoms with Crippen molar-refractivity contribution in [2.45, 2.75) is 30.8 Å². The minimum atomic E-state index is -0.892. The summed E-state index contributed by atoms with van der Waals surface area (Å²) in [5, 5.41) is 11.0. The molecule has 0 spiro atoms. The van der Waals surface area contributed by atoms with Crippen LogP contribution in [0.15, 0.2) is 48.5 Å². The molecule has 0 aliphatic carbocycles. The predicted octanol–water partition coefficient (Wildman–Crippen LogP) is -0.521. The first kappa shape index (κ1) is 20.9. The van der Waals surface area contributed by atoms with Gasteiger partial charge < -0.3 is 5.11 Å². The molecule has 0 atom stereocenters. The first-order chi connectivity index (χ1) is 12.9. The lowest BCUT2D eigenvalue weighted by molar-refractivity contribution is 0.217. The minimum absolute atomic E-state index is 0.00269. The van der Waals surface area contributed by atoms with Gasteiger partial charge in [-0.15, -0.1) is 0 Å². The van der Waals surface area contributed by atoms with Crippen LogP contribution in [0, 0.1) is 5.92 Å². The molecule has 1 heterocycles. The van der Waals surface area contributed by atoms with E-state index in [2.05, 4.69) is 85.9 Å². The second-order valence-corrected chi connectivity index (χ2v) is 9.89. The maximum absolute atomic E-state index is 10.6. The summed E-state index contributed by atoms with van der Waals surface area (Å²) >= 11 is 0. The van der Waals surface area contributed by atoms with E-state index in [1.54, 1.807) is 0 Å². The second-order valence-electron chi connectivity index (χ2n) is 9.89. The maximum atomic E-state index is 10.6. The van der Waals surface area contributed by atoms with Gasteiger partial charge in [0.2, 0.25) is 0 Å². The molecule has 2 nitrogen and oxygen atoms in total. The highest BCUT2D eigenvalue weighted by Gasteiger charge is 2.22. The third-order valence-corrected chi connectivity index (χ3v) is 5.25. The van der Waals surface area contributed by atoms with Crippen molar-refractivity contribution >= 4 is 50.1 Å². The summed E-state index contributed by atoms with van der Waals surface area (Å²) in [5.74, 6) is 0.614. The second kappa shape index (κ2) is 7.52. The first-order valence-corrected chi connectivity index (χ1v) is 10.2. The van der Waals surface area contributed by atoms with Crippen molar-refractivity contribution < 1.29 is 5.11 Å². The van der Waals surface area contributed by atoms with Gasteiger partial charge >= 0.3 is 0 Å². The van der Waals surface area contributed by atoms with Crippen LogP contribution in [0.2, 0.25) is 0 Å². The number of aliphatic hydroxyl groups is 1. The summed E-state index contributed by atoms with van der Waals surface area (Å²) in [7, 11) is 10.3. The Labute approximate surface area is 173 Å². The molecule has 0 unspecified atom stereocenters. The molecule has 0 saturated carbocycles. The minimum Gasteiger partial charge on any atom is -0.403 e. The highest BCUT2D eigenvalue weighted by molar-refractivity contribution is 6.59. The molecule has 0 bridgehead atoms. The highest BCUT2D eigenvalue weighted by atomic mass is 16.3. The number of benzene rings is 2. The average Bonchev–Trinajstić information content (AvgIpc) is 2.59. The van der Waals surface area contributed by atoms with E-state index < -0.39 is 5.40 Å². The molecule has 0 aliphatic rings. The molecule has 0 radical (unpaired) electrons. The van der Waals surface area contributed by atoms with Gasteiger partial charge in [-0.2, -0.15) is 0 Å². The van der Waals surface area contributed by atoms with Crippen LogP contribution in [0.25, 0.3) is 22.2 Å². The Balaban J connectivity index is 2.16. The van der Waals surface area contributed by atoms with E-state index in [1.165, 1.54) is 16.5 Å². The van der Waals surface area contributed by atoms with Gasteiger partial charge in [-0.05, 0) is 41.7 Å². The molecule has 0 saturated heterocycles. The zero-order valence-corrected chi connectivity index (χ0v) is 18.3. The fourth-order valence-electron chi connectivity index (χ4n) is 3.56. The van der Waals surface area contributed by atoms with Crippen LogP contribution < -0.4 is 0 Å². The summed E-state index contributed by atoms with van der Waals surface area (Å²) in [4.78, 5) is 4.98. The average molecular weight is 365 g/mol. The fourth-order valence-corrected chi connectivity index (χ4v) is 3.56. The fraction of sp³-hybridized carbons (Fsp3) is 0.286. The van der Waals surface area contributed by atoms with Crippen molar-refractivity contribution in [3.63, 3.8) is 0 Å². The number of fused-ring (bicyclic) bond motifs is 1. The number of hydrogen-bond acceptors (Lipinski definition) is 2. The zero-order valence-electron chi connectivity index (χ0n) is 18.3. The molecule has 3 rings (SSSR count). The van der Waals surface area contributed by atoms with Crippen molar-refractivity contribution in [2.24, 2.45) is 5.92 Å². The number of aromatic nitrogens is 1. The van der Waals surface area contributed by atoms with Gasteiger partial charge in [0.25, 0.3) is 0 Å². The van der Waals surface area contributed by atoms with Gasteiger partial charge in [0.15, 0.2) is 0 Å². The predicted molar refractivity (Wildman–Crippen MR) is 134 cm³/mol. The molecule has 1 N–H and O–H groups in total. The number of hydrogen-bond donors (Lipinski definition) is 1. The summed E-state index contributed by atoms with van der Waals surface area (Å²) in [6, 6.07) is 17.1. The Morgan fingerprint density at radius 3 is 2.21 bits per heavy atom. The van der Waals surface area contributed by atoms with E-state index in [1.807, 2.05) is 15.7 Å². The Morgan fingerprint density at radius 1 is 0.929 bits per heavy atom. The molecule has 3 aromatic rings. The Hall–Kier alpha value is -1.87. The van der Waals surface area contributed by atoms with Crippen LogP contribution in [0.5, 0.6) is 0 Å². The van der Waals surface area contributed by atoms with E-state index in [4.69, 9.17) is 4.98 Å². The molecule has 0 amide bonds. The van der Waals surface area contributed by atoms with Gasteiger partial charge in [-0.3, -0.25) is 0 Å². The molecule has 0 aliphatic heterocycles. The molecule has 2 aromatic carbocycles. The van der Waals surface area contributed by atoms with E-state index in [0.29, 0.717) is 5.92 Å². The van der Waals surface area contributed by atoms with Gasteiger partial charge in [0, 0.05) is 16.3 Å². The number of rotatable bonds is 5. The molecule has 1 aromatic heterocycles. The Morgan fingerprint density at radius 2 is 1.61 bits per heavy atom. The van der Waals surface area contributed by atoms with Crippen LogP contribution in [0.1, 0.15) is 30.5 Å². The molecular formula is C21H28B5NO. The molecule has 0 fully saturated rings. The topological polar surface area (TPSA) is 33.1 Å². The molecular weight excluding hydrogens is 336 g/mol. The lowest BCUT2D eigenvalue weighted by atomic mass is 9.40. The van der Waals surface area contributed by atoms with E-state index in [-0.39, 0.29) is 5.11 Å². The normalized spacial score (nSPS) is 12.6. The SMILES string of the molecule is BC(B)(B)c1cc(-c2ccc3c(CC(C)C)cccc3n2)cc(C(B)(B)O)c1. The van der Waals surface area contributed by atoms with Crippen LogP contribution in [-0.4, -0.2) is 49.3 Å². The third kappa shape index (κ3) is 4.58. The Bertz CT molecular complexity index is 974. The lowest BCUT2D eigenvalue weighted by Gasteiger charge is -2.25. The summed E-state index contributed by atoms with van der Waals surface area (Å²) in [5.41, 5.74) is 6.52. The monoisotopic (exact) mass is 365 g/mol. The zero-order chi connectivity index (χ0) is 20.7. The number of nitrogens with zero attached hydrogens (tertiary/aromatic N) is 1. The van der Waals surface area contributed by atoms with Crippen LogP contribution >= 0.6 is 0 Å². The summed E-state index contributed by atoms with van der Waals surface area (Å²) in [6.45, 7) is 4.49. The molecule has 7 heteroatoms. The van der Waals surface area contributed by atoms with Gasteiger partial charge in [0.1, 0.15) is 15.7 Å². The van der Waals surface area contributed by atoms with E-state index in [9.17, 15) is 5.11 Å². The van der Waals surface area contributed by atoms with E-state index >= 15 is 0 Å². The van der Waals surface area contributed by atoms with Crippen molar-refractivity contribution in [1.29, 1.82) is 0 Å². The van der Waals surface area contributed by atoms with Crippen molar-refractivity contribution in [1.82, 2.24) is 4.98 Å². The standard InChI is InChI=1S/C21H28B5NO/c1-12(2)8-13-4-3-5-19-17(13)6-7-18(27-19)14-9-15(20(22,23)24)11-16(10-14)21(25,26)28/h3-7,9-12,28H,8,22-26H2,1-2H3. The lowest BCUT2D eigenvalue weighted by Crippen LogP contribution is -2.30. The first-order valence-electron chi connectivity index (χ1n) is 10.2. The summed E-state index contributed by atoms with van der Waals surface area (Å²) < 4.78 is 0. The third-order valence-electron chi connectivity index (χ3n) is 5.25. The summed E-state index contributed by atoms with van der Waals surface area (Å²) in [6.07, 6.45) is 1.06.